The Balaban J connectivity index is 1.30. The van der Waals surface area contributed by atoms with Gasteiger partial charge in [0.1, 0.15) is 18.6 Å². The molecule has 0 bridgehead atoms. The second-order valence-electron chi connectivity index (χ2n) is 7.25. The molecule has 29 heavy (non-hydrogen) atoms. The summed E-state index contributed by atoms with van der Waals surface area (Å²) in [4.78, 5) is 16.2. The lowest BCUT2D eigenvalue weighted by Gasteiger charge is -2.33. The van der Waals surface area contributed by atoms with Crippen molar-refractivity contribution >= 4 is 5.91 Å². The van der Waals surface area contributed by atoms with Crippen molar-refractivity contribution in [1.29, 1.82) is 0 Å². The minimum Gasteiger partial charge on any atom is -0.481 e. The third-order valence-corrected chi connectivity index (χ3v) is 5.17. The van der Waals surface area contributed by atoms with E-state index in [0.29, 0.717) is 5.75 Å². The number of rotatable bonds is 6. The van der Waals surface area contributed by atoms with Gasteiger partial charge in [0.15, 0.2) is 6.10 Å². The molecule has 150 valence electrons. The molecule has 0 spiro atoms. The smallest absolute Gasteiger partial charge is 0.263 e. The Hall–Kier alpha value is -3.26. The summed E-state index contributed by atoms with van der Waals surface area (Å²) in [6.07, 6.45) is 0.972. The Morgan fingerprint density at radius 2 is 1.93 bits per heavy atom. The number of carbonyl (C=O) groups excluding carboxylic acids is 1. The van der Waals surface area contributed by atoms with Crippen LogP contribution in [0.1, 0.15) is 12.5 Å². The fourth-order valence-corrected chi connectivity index (χ4v) is 3.60. The standard InChI is InChI=1S/C21H24N6O2/c1-17(29-20-9-5-8-19(14-20)27-16-22-23-24-27)21(28)26-12-10-25(11-13-26)15-18-6-3-2-4-7-18/h2-9,14,16-17H,10-13,15H2,1H3/p+1/t17-/m1/s1. The molecule has 1 aliphatic rings. The van der Waals surface area contributed by atoms with Gasteiger partial charge in [-0.1, -0.05) is 36.4 Å². The fourth-order valence-electron chi connectivity index (χ4n) is 3.60. The molecular weight excluding hydrogens is 368 g/mol. The van der Waals surface area contributed by atoms with Crippen LogP contribution in [-0.2, 0) is 11.3 Å². The monoisotopic (exact) mass is 393 g/mol. The zero-order chi connectivity index (χ0) is 20.1. The number of piperazine rings is 1. The summed E-state index contributed by atoms with van der Waals surface area (Å²) >= 11 is 0. The summed E-state index contributed by atoms with van der Waals surface area (Å²) < 4.78 is 7.46. The molecule has 1 aromatic heterocycles. The molecule has 0 aliphatic carbocycles. The molecule has 8 nitrogen and oxygen atoms in total. The number of tetrazole rings is 1. The maximum Gasteiger partial charge on any atom is 0.263 e. The number of quaternary nitrogens is 1. The first-order chi connectivity index (χ1) is 14.2. The molecule has 3 aromatic rings. The summed E-state index contributed by atoms with van der Waals surface area (Å²) in [5, 5.41) is 11.2. The molecule has 1 aliphatic heterocycles. The Morgan fingerprint density at radius 1 is 1.14 bits per heavy atom. The average Bonchev–Trinajstić information content (AvgIpc) is 3.30. The third kappa shape index (κ3) is 4.78. The molecule has 2 aromatic carbocycles. The summed E-state index contributed by atoms with van der Waals surface area (Å²) in [5.41, 5.74) is 2.12. The molecule has 0 unspecified atom stereocenters. The molecule has 8 heteroatoms. The minimum absolute atomic E-state index is 0.0246. The van der Waals surface area contributed by atoms with Gasteiger partial charge in [0.25, 0.3) is 5.91 Å². The van der Waals surface area contributed by atoms with Crippen LogP contribution in [0, 0.1) is 0 Å². The Kier molecular flexibility index (Phi) is 5.81. The number of nitrogens with zero attached hydrogens (tertiary/aromatic N) is 5. The number of amides is 1. The molecular formula is C21H25N6O2+. The Bertz CT molecular complexity index is 923. The van der Waals surface area contributed by atoms with Crippen molar-refractivity contribution in [3.63, 3.8) is 0 Å². The predicted molar refractivity (Wildman–Crippen MR) is 107 cm³/mol. The van der Waals surface area contributed by atoms with Crippen molar-refractivity contribution in [3.8, 4) is 11.4 Å². The number of hydrogen-bond acceptors (Lipinski definition) is 5. The number of benzene rings is 2. The van der Waals surface area contributed by atoms with E-state index in [2.05, 4.69) is 39.8 Å². The second-order valence-corrected chi connectivity index (χ2v) is 7.25. The first-order valence-corrected chi connectivity index (χ1v) is 9.85. The Morgan fingerprint density at radius 3 is 2.66 bits per heavy atom. The highest BCUT2D eigenvalue weighted by atomic mass is 16.5. The molecule has 1 fully saturated rings. The highest BCUT2D eigenvalue weighted by Gasteiger charge is 2.28. The lowest BCUT2D eigenvalue weighted by molar-refractivity contribution is -0.917. The van der Waals surface area contributed by atoms with Crippen LogP contribution >= 0.6 is 0 Å². The van der Waals surface area contributed by atoms with E-state index in [4.69, 9.17) is 4.74 Å². The SMILES string of the molecule is C[C@@H](Oc1cccc(-n2cnnn2)c1)C(=O)N1CC[NH+](Cc2ccccc2)CC1. The van der Waals surface area contributed by atoms with Gasteiger partial charge in [-0.2, -0.15) is 0 Å². The molecule has 4 rings (SSSR count). The highest BCUT2D eigenvalue weighted by molar-refractivity contribution is 5.81. The van der Waals surface area contributed by atoms with E-state index < -0.39 is 6.10 Å². The van der Waals surface area contributed by atoms with Gasteiger partial charge in [-0.25, -0.2) is 4.68 Å². The van der Waals surface area contributed by atoms with Crippen LogP contribution in [0.15, 0.2) is 60.9 Å². The molecule has 0 saturated carbocycles. The van der Waals surface area contributed by atoms with Crippen LogP contribution in [0.25, 0.3) is 5.69 Å². The quantitative estimate of drug-likeness (QED) is 0.654. The van der Waals surface area contributed by atoms with Crippen molar-refractivity contribution in [3.05, 3.63) is 66.5 Å². The van der Waals surface area contributed by atoms with E-state index in [1.165, 1.54) is 16.8 Å². The molecule has 1 atom stereocenters. The van der Waals surface area contributed by atoms with E-state index in [9.17, 15) is 4.79 Å². The van der Waals surface area contributed by atoms with Crippen LogP contribution < -0.4 is 9.64 Å². The van der Waals surface area contributed by atoms with Gasteiger partial charge in [0.2, 0.25) is 0 Å². The summed E-state index contributed by atoms with van der Waals surface area (Å²) in [7, 11) is 0. The largest absolute Gasteiger partial charge is 0.481 e. The Labute approximate surface area is 169 Å². The number of nitrogens with one attached hydrogen (secondary N) is 1. The lowest BCUT2D eigenvalue weighted by atomic mass is 10.2. The molecule has 1 amide bonds. The summed E-state index contributed by atoms with van der Waals surface area (Å²) in [6, 6.07) is 17.9. The van der Waals surface area contributed by atoms with Gasteiger partial charge < -0.3 is 14.5 Å². The average molecular weight is 393 g/mol. The molecule has 1 N–H and O–H groups in total. The van der Waals surface area contributed by atoms with Crippen molar-refractivity contribution in [1.82, 2.24) is 25.1 Å². The fraction of sp³-hybridized carbons (Fsp3) is 0.333. The van der Waals surface area contributed by atoms with Crippen molar-refractivity contribution < 1.29 is 14.4 Å². The summed E-state index contributed by atoms with van der Waals surface area (Å²) in [5.74, 6) is 0.642. The van der Waals surface area contributed by atoms with Gasteiger partial charge in [0.05, 0.1) is 31.9 Å². The predicted octanol–water partition coefficient (Wildman–Crippen LogP) is 0.357. The number of ether oxygens (including phenoxy) is 1. The van der Waals surface area contributed by atoms with Crippen LogP contribution in [0.2, 0.25) is 0 Å². The zero-order valence-corrected chi connectivity index (χ0v) is 16.4. The molecule has 2 heterocycles. The lowest BCUT2D eigenvalue weighted by Crippen LogP contribution is -3.13. The normalized spacial score (nSPS) is 15.8. The maximum atomic E-state index is 12.8. The van der Waals surface area contributed by atoms with Gasteiger partial charge >= 0.3 is 0 Å². The van der Waals surface area contributed by atoms with Crippen molar-refractivity contribution in [2.75, 3.05) is 26.2 Å². The van der Waals surface area contributed by atoms with Crippen molar-refractivity contribution in [2.24, 2.45) is 0 Å². The van der Waals surface area contributed by atoms with Gasteiger partial charge in [0, 0.05) is 11.6 Å². The van der Waals surface area contributed by atoms with E-state index in [1.807, 2.05) is 35.2 Å². The van der Waals surface area contributed by atoms with Crippen molar-refractivity contribution in [2.45, 2.75) is 19.6 Å². The molecule has 0 radical (unpaired) electrons. The van der Waals surface area contributed by atoms with Crippen LogP contribution in [0.3, 0.4) is 0 Å². The van der Waals surface area contributed by atoms with Gasteiger partial charge in [-0.15, -0.1) is 5.10 Å². The third-order valence-electron chi connectivity index (χ3n) is 5.17. The highest BCUT2D eigenvalue weighted by Crippen LogP contribution is 2.17. The minimum atomic E-state index is -0.546. The van der Waals surface area contributed by atoms with Crippen LogP contribution in [0.4, 0.5) is 0 Å². The van der Waals surface area contributed by atoms with E-state index in [1.54, 1.807) is 11.6 Å². The topological polar surface area (TPSA) is 77.6 Å². The van der Waals surface area contributed by atoms with Gasteiger partial charge in [-0.3, -0.25) is 4.79 Å². The number of aromatic nitrogens is 4. The zero-order valence-electron chi connectivity index (χ0n) is 16.4. The van der Waals surface area contributed by atoms with E-state index in [0.717, 1.165) is 38.4 Å². The number of hydrogen-bond donors (Lipinski definition) is 1. The summed E-state index contributed by atoms with van der Waals surface area (Å²) in [6.45, 7) is 6.19. The number of carbonyl (C=O) groups is 1. The van der Waals surface area contributed by atoms with E-state index >= 15 is 0 Å². The maximum absolute atomic E-state index is 12.8. The van der Waals surface area contributed by atoms with Gasteiger partial charge in [-0.05, 0) is 29.5 Å². The second kappa shape index (κ2) is 8.83. The van der Waals surface area contributed by atoms with Crippen LogP contribution in [-0.4, -0.2) is 63.3 Å². The molecule has 1 saturated heterocycles. The van der Waals surface area contributed by atoms with E-state index in [-0.39, 0.29) is 5.91 Å². The first kappa shape index (κ1) is 19.1. The first-order valence-electron chi connectivity index (χ1n) is 9.85. The van der Waals surface area contributed by atoms with Crippen LogP contribution in [0.5, 0.6) is 5.75 Å².